The number of hydrogen-bond acceptors (Lipinski definition) is 4. The molecule has 1 amide bonds. The van der Waals surface area contributed by atoms with E-state index in [1.165, 1.54) is 0 Å². The number of allylic oxidation sites excluding steroid dienone is 2. The Bertz CT molecular complexity index is 416. The lowest BCUT2D eigenvalue weighted by atomic mass is 9.66. The molecule has 94 valence electrons. The molecule has 4 nitrogen and oxygen atoms in total. The first kappa shape index (κ1) is 12.5. The minimum atomic E-state index is -0.553. The summed E-state index contributed by atoms with van der Waals surface area (Å²) in [5, 5.41) is 0. The van der Waals surface area contributed by atoms with E-state index in [1.807, 2.05) is 13.8 Å². The highest BCUT2D eigenvalue weighted by Crippen LogP contribution is 2.46. The van der Waals surface area contributed by atoms with Gasteiger partial charge in [-0.2, -0.15) is 0 Å². The van der Waals surface area contributed by atoms with E-state index in [9.17, 15) is 9.59 Å². The van der Waals surface area contributed by atoms with Crippen molar-refractivity contribution in [3.63, 3.8) is 0 Å². The molecule has 0 aromatic heterocycles. The Morgan fingerprint density at radius 3 is 2.41 bits per heavy atom. The summed E-state index contributed by atoms with van der Waals surface area (Å²) in [7, 11) is 1.75. The molecular formula is C12H17NO3S. The predicted molar refractivity (Wildman–Crippen MR) is 66.2 cm³/mol. The lowest BCUT2D eigenvalue weighted by Gasteiger charge is -2.49. The number of thiol groups is 1. The number of Topliss-reactive ketones (excluding diaryl/α,β-unsaturated/α-hetero) is 1. The molecule has 17 heavy (non-hydrogen) atoms. The largest absolute Gasteiger partial charge is 0.433 e. The molecule has 1 aliphatic carbocycles. The van der Waals surface area contributed by atoms with Gasteiger partial charge in [0.2, 0.25) is 5.91 Å². The van der Waals surface area contributed by atoms with Crippen molar-refractivity contribution in [1.29, 1.82) is 0 Å². The van der Waals surface area contributed by atoms with Gasteiger partial charge in [0.25, 0.3) is 0 Å². The van der Waals surface area contributed by atoms with Crippen LogP contribution in [0.4, 0.5) is 0 Å². The molecular weight excluding hydrogens is 238 g/mol. The number of rotatable bonds is 2. The van der Waals surface area contributed by atoms with Gasteiger partial charge in [0.15, 0.2) is 5.78 Å². The van der Waals surface area contributed by atoms with E-state index in [1.54, 1.807) is 11.9 Å². The summed E-state index contributed by atoms with van der Waals surface area (Å²) in [6, 6.07) is 0. The number of amides is 1. The second-order valence-electron chi connectivity index (χ2n) is 5.30. The van der Waals surface area contributed by atoms with Crippen LogP contribution in [0.5, 0.6) is 0 Å². The highest BCUT2D eigenvalue weighted by molar-refractivity contribution is 7.75. The number of likely N-dealkylation sites (tertiary alicyclic amines) is 1. The maximum atomic E-state index is 12.1. The van der Waals surface area contributed by atoms with Gasteiger partial charge in [0.1, 0.15) is 5.76 Å². The van der Waals surface area contributed by atoms with Crippen molar-refractivity contribution >= 4 is 24.6 Å². The molecule has 0 radical (unpaired) electrons. The van der Waals surface area contributed by atoms with Crippen molar-refractivity contribution in [2.45, 2.75) is 26.7 Å². The Morgan fingerprint density at radius 2 is 2.00 bits per heavy atom. The number of hydrogen-bond donors (Lipinski definition) is 1. The van der Waals surface area contributed by atoms with Gasteiger partial charge < -0.3 is 9.08 Å². The van der Waals surface area contributed by atoms with Gasteiger partial charge >= 0.3 is 0 Å². The monoisotopic (exact) mass is 255 g/mol. The summed E-state index contributed by atoms with van der Waals surface area (Å²) in [6.45, 7) is 4.53. The van der Waals surface area contributed by atoms with Crippen molar-refractivity contribution in [1.82, 2.24) is 4.90 Å². The standard InChI is InChI=1S/C12H17NO3S/c1-7(2)10-8(14)4-12(5-9(10)16-17)6-13(3)11(12)15/h7,17H,4-6H2,1-3H3. The number of nitrogens with zero attached hydrogens (tertiary/aromatic N) is 1. The van der Waals surface area contributed by atoms with E-state index < -0.39 is 5.41 Å². The second kappa shape index (κ2) is 4.05. The summed E-state index contributed by atoms with van der Waals surface area (Å²) in [6.07, 6.45) is 0.809. The summed E-state index contributed by atoms with van der Waals surface area (Å²) in [5.41, 5.74) is 0.135. The van der Waals surface area contributed by atoms with E-state index in [2.05, 4.69) is 12.9 Å². The molecule has 1 atom stereocenters. The first-order valence-corrected chi connectivity index (χ1v) is 6.11. The van der Waals surface area contributed by atoms with Gasteiger partial charge in [-0.3, -0.25) is 9.59 Å². The van der Waals surface area contributed by atoms with Gasteiger partial charge in [-0.15, -0.1) is 0 Å². The molecule has 0 aromatic rings. The van der Waals surface area contributed by atoms with Crippen molar-refractivity contribution in [2.75, 3.05) is 13.6 Å². The first-order valence-electron chi connectivity index (χ1n) is 5.74. The van der Waals surface area contributed by atoms with Crippen LogP contribution < -0.4 is 0 Å². The van der Waals surface area contributed by atoms with Crippen LogP contribution in [-0.2, 0) is 13.8 Å². The molecule has 0 bridgehead atoms. The molecule has 2 aliphatic rings. The Kier molecular flexibility index (Phi) is 2.97. The molecule has 0 aromatic carbocycles. The van der Waals surface area contributed by atoms with Crippen LogP contribution >= 0.6 is 12.9 Å². The van der Waals surface area contributed by atoms with Gasteiger partial charge in [-0.1, -0.05) is 13.8 Å². The molecule has 5 heteroatoms. The van der Waals surface area contributed by atoms with Crippen LogP contribution in [0.3, 0.4) is 0 Å². The Hall–Kier alpha value is -0.970. The summed E-state index contributed by atoms with van der Waals surface area (Å²) in [4.78, 5) is 25.7. The molecule has 1 fully saturated rings. The second-order valence-corrected chi connectivity index (χ2v) is 5.48. The van der Waals surface area contributed by atoms with Crippen LogP contribution in [0.2, 0.25) is 0 Å². The third kappa shape index (κ3) is 1.76. The molecule has 2 rings (SSSR count). The molecule has 0 saturated carbocycles. The topological polar surface area (TPSA) is 46.6 Å². The highest BCUT2D eigenvalue weighted by atomic mass is 32.1. The lowest BCUT2D eigenvalue weighted by Crippen LogP contribution is -2.61. The van der Waals surface area contributed by atoms with Crippen molar-refractivity contribution < 1.29 is 13.8 Å². The molecule has 1 spiro atoms. The minimum absolute atomic E-state index is 0.0248. The number of carbonyl (C=O) groups excluding carboxylic acids is 2. The number of ketones is 1. The van der Waals surface area contributed by atoms with E-state index >= 15 is 0 Å². The molecule has 0 N–H and O–H groups in total. The molecule has 1 aliphatic heterocycles. The van der Waals surface area contributed by atoms with Gasteiger partial charge in [-0.05, 0) is 5.92 Å². The fraction of sp³-hybridized carbons (Fsp3) is 0.667. The number of β-lactam (4-membered cyclic amide) rings is 1. The smallest absolute Gasteiger partial charge is 0.231 e. The fourth-order valence-electron chi connectivity index (χ4n) is 2.92. The van der Waals surface area contributed by atoms with Crippen LogP contribution in [0.15, 0.2) is 11.3 Å². The third-order valence-corrected chi connectivity index (χ3v) is 3.85. The summed E-state index contributed by atoms with van der Waals surface area (Å²) >= 11 is 3.82. The third-order valence-electron chi connectivity index (χ3n) is 3.63. The van der Waals surface area contributed by atoms with Crippen molar-refractivity contribution in [3.05, 3.63) is 11.3 Å². The van der Waals surface area contributed by atoms with E-state index in [0.717, 1.165) is 0 Å². The first-order chi connectivity index (χ1) is 7.91. The average Bonchev–Trinajstić information content (AvgIpc) is 2.27. The van der Waals surface area contributed by atoms with Gasteiger partial charge in [0, 0.05) is 44.9 Å². The summed E-state index contributed by atoms with van der Waals surface area (Å²) in [5.74, 6) is 0.740. The maximum absolute atomic E-state index is 12.1. The minimum Gasteiger partial charge on any atom is -0.433 e. The highest BCUT2D eigenvalue weighted by Gasteiger charge is 2.55. The van der Waals surface area contributed by atoms with E-state index in [-0.39, 0.29) is 17.6 Å². The average molecular weight is 255 g/mol. The lowest BCUT2D eigenvalue weighted by molar-refractivity contribution is -0.161. The van der Waals surface area contributed by atoms with Crippen LogP contribution in [0, 0.1) is 11.3 Å². The zero-order valence-electron chi connectivity index (χ0n) is 10.3. The van der Waals surface area contributed by atoms with Gasteiger partial charge in [0.05, 0.1) is 5.41 Å². The SMILES string of the molecule is CC(C)C1=C(OS)CC2(CC1=O)CN(C)C2=O. The van der Waals surface area contributed by atoms with E-state index in [4.69, 9.17) is 4.18 Å². The Morgan fingerprint density at radius 1 is 1.35 bits per heavy atom. The molecule has 1 saturated heterocycles. The summed E-state index contributed by atoms with van der Waals surface area (Å²) < 4.78 is 5.03. The van der Waals surface area contributed by atoms with Crippen molar-refractivity contribution in [2.24, 2.45) is 11.3 Å². The van der Waals surface area contributed by atoms with Crippen LogP contribution in [0.25, 0.3) is 0 Å². The van der Waals surface area contributed by atoms with Gasteiger partial charge in [-0.25, -0.2) is 0 Å². The zero-order chi connectivity index (χ0) is 12.8. The molecule has 1 unspecified atom stereocenters. The van der Waals surface area contributed by atoms with Crippen LogP contribution in [-0.4, -0.2) is 30.2 Å². The molecule has 1 heterocycles. The quantitative estimate of drug-likeness (QED) is 0.463. The maximum Gasteiger partial charge on any atom is 0.231 e. The fourth-order valence-corrected chi connectivity index (χ4v) is 3.08. The van der Waals surface area contributed by atoms with E-state index in [0.29, 0.717) is 30.7 Å². The predicted octanol–water partition coefficient (Wildman–Crippen LogP) is 1.58. The number of carbonyl (C=O) groups is 2. The van der Waals surface area contributed by atoms with Crippen LogP contribution in [0.1, 0.15) is 26.7 Å². The Balaban J connectivity index is 2.34. The Labute approximate surface area is 107 Å². The van der Waals surface area contributed by atoms with Crippen molar-refractivity contribution in [3.8, 4) is 0 Å². The normalized spacial score (nSPS) is 29.1. The zero-order valence-corrected chi connectivity index (χ0v) is 11.2.